The maximum Gasteiger partial charge on any atom is 0.143 e. The number of quaternary nitrogens is 1. The van der Waals surface area contributed by atoms with Crippen LogP contribution in [0.5, 0.6) is 0 Å². The molecule has 0 aromatic heterocycles. The largest absolute Gasteiger partial charge is 0.544 e. The summed E-state index contributed by atoms with van der Waals surface area (Å²) in [5.41, 5.74) is -1.22. The van der Waals surface area contributed by atoms with Crippen LogP contribution in [-0.2, 0) is 4.79 Å². The predicted octanol–water partition coefficient (Wildman–Crippen LogP) is 2.63. The van der Waals surface area contributed by atoms with Crippen LogP contribution in [0.15, 0.2) is 0 Å². The van der Waals surface area contributed by atoms with Gasteiger partial charge >= 0.3 is 0 Å². The second-order valence-corrected chi connectivity index (χ2v) is 8.21. The van der Waals surface area contributed by atoms with Gasteiger partial charge in [-0.1, -0.05) is 64.7 Å². The topological polar surface area (TPSA) is 80.6 Å². The molecule has 0 fully saturated rings. The molecule has 0 saturated carbocycles. The molecule has 0 bridgehead atoms. The summed E-state index contributed by atoms with van der Waals surface area (Å²) in [4.78, 5) is 11.8. The Bertz CT molecular complexity index is 352. The zero-order valence-corrected chi connectivity index (χ0v) is 17.5. The summed E-state index contributed by atoms with van der Waals surface area (Å²) in [5.74, 6) is -1.17. The maximum absolute atomic E-state index is 11.8. The van der Waals surface area contributed by atoms with Gasteiger partial charge in [0.15, 0.2) is 0 Å². The Morgan fingerprint density at radius 1 is 0.808 bits per heavy atom. The zero-order valence-electron chi connectivity index (χ0n) is 17.5. The second-order valence-electron chi connectivity index (χ2n) is 8.21. The van der Waals surface area contributed by atoms with E-state index in [4.69, 9.17) is 0 Å². The van der Waals surface area contributed by atoms with Crippen molar-refractivity contribution >= 4 is 5.97 Å². The number of hydrogen-bond acceptors (Lipinski definition) is 4. The number of carboxylic acids is 1. The van der Waals surface area contributed by atoms with Crippen molar-refractivity contribution < 1.29 is 24.6 Å². The molecule has 0 atom stereocenters. The number of rotatable bonds is 18. The van der Waals surface area contributed by atoms with Gasteiger partial charge in [0.25, 0.3) is 0 Å². The third-order valence-corrected chi connectivity index (χ3v) is 5.91. The van der Waals surface area contributed by atoms with E-state index in [1.165, 1.54) is 57.8 Å². The van der Waals surface area contributed by atoms with Crippen molar-refractivity contribution in [3.63, 3.8) is 0 Å². The quantitative estimate of drug-likeness (QED) is 0.286. The van der Waals surface area contributed by atoms with E-state index in [0.29, 0.717) is 6.54 Å². The van der Waals surface area contributed by atoms with Crippen LogP contribution in [0.4, 0.5) is 0 Å². The average molecular weight is 374 g/mol. The Kier molecular flexibility index (Phi) is 14.1. The van der Waals surface area contributed by atoms with Crippen LogP contribution in [0, 0.1) is 0 Å². The van der Waals surface area contributed by atoms with Gasteiger partial charge < -0.3 is 24.6 Å². The molecule has 0 aliphatic carbocycles. The summed E-state index contributed by atoms with van der Waals surface area (Å²) in [5, 5.41) is 30.4. The van der Waals surface area contributed by atoms with Gasteiger partial charge in [-0.15, -0.1) is 0 Å². The van der Waals surface area contributed by atoms with Gasteiger partial charge in [0.2, 0.25) is 0 Å². The molecule has 156 valence electrons. The van der Waals surface area contributed by atoms with Gasteiger partial charge in [0.05, 0.1) is 20.6 Å². The third kappa shape index (κ3) is 8.83. The Balaban J connectivity index is 4.12. The molecule has 0 amide bonds. The monoisotopic (exact) mass is 373 g/mol. The molecular formula is C21H43NO4. The highest BCUT2D eigenvalue weighted by Gasteiger charge is 2.45. The molecule has 0 radical (unpaired) electrons. The van der Waals surface area contributed by atoms with Crippen LogP contribution in [0.2, 0.25) is 0 Å². The molecule has 0 aromatic rings. The number of aliphatic hydroxyl groups is 2. The molecule has 0 spiro atoms. The average Bonchev–Trinajstić information content (AvgIpc) is 2.59. The van der Waals surface area contributed by atoms with Crippen molar-refractivity contribution in [2.24, 2.45) is 0 Å². The first-order valence-corrected chi connectivity index (χ1v) is 10.6. The number of aliphatic hydroxyl groups excluding tert-OH is 2. The molecule has 0 aliphatic rings. The highest BCUT2D eigenvalue weighted by molar-refractivity contribution is 5.75. The van der Waals surface area contributed by atoms with Crippen molar-refractivity contribution in [1.29, 1.82) is 0 Å². The number of nitrogens with zero attached hydrogens (tertiary/aromatic N) is 1. The molecule has 0 saturated heterocycles. The van der Waals surface area contributed by atoms with Crippen LogP contribution in [0.3, 0.4) is 0 Å². The van der Waals surface area contributed by atoms with Crippen molar-refractivity contribution in [3.8, 4) is 0 Å². The van der Waals surface area contributed by atoms with Crippen molar-refractivity contribution in [3.05, 3.63) is 0 Å². The Hall–Kier alpha value is -0.650. The molecule has 0 aromatic carbocycles. The van der Waals surface area contributed by atoms with Crippen LogP contribution < -0.4 is 5.11 Å². The van der Waals surface area contributed by atoms with Crippen LogP contribution in [0.1, 0.15) is 90.4 Å². The summed E-state index contributed by atoms with van der Waals surface area (Å²) >= 11 is 0. The minimum Gasteiger partial charge on any atom is -0.544 e. The molecule has 0 aliphatic heterocycles. The lowest BCUT2D eigenvalue weighted by Gasteiger charge is -2.49. The number of aliphatic carboxylic acids is 1. The number of carboxylic acid groups (broad SMARTS) is 1. The van der Waals surface area contributed by atoms with E-state index >= 15 is 0 Å². The van der Waals surface area contributed by atoms with E-state index in [0.717, 1.165) is 12.8 Å². The summed E-state index contributed by atoms with van der Waals surface area (Å²) in [6.07, 6.45) is 14.1. The van der Waals surface area contributed by atoms with E-state index in [1.54, 1.807) is 0 Å². The fraction of sp³-hybridized carbons (Fsp3) is 0.952. The first kappa shape index (κ1) is 25.4. The second kappa shape index (κ2) is 14.4. The van der Waals surface area contributed by atoms with Crippen molar-refractivity contribution in [2.75, 3.05) is 33.9 Å². The first-order valence-electron chi connectivity index (χ1n) is 10.6. The highest BCUT2D eigenvalue weighted by atomic mass is 16.4. The summed E-state index contributed by atoms with van der Waals surface area (Å²) in [7, 11) is 3.74. The lowest BCUT2D eigenvalue weighted by atomic mass is 9.87. The van der Waals surface area contributed by atoms with Gasteiger partial charge in [0.1, 0.15) is 11.5 Å². The number of carbonyl (C=O) groups excluding carboxylic acids is 1. The van der Waals surface area contributed by atoms with Crippen LogP contribution in [-0.4, -0.2) is 60.1 Å². The molecule has 2 N–H and O–H groups in total. The molecule has 0 rings (SSSR count). The molecule has 5 heteroatoms. The number of likely N-dealkylation sites (N-methyl/N-ethyl adjacent to an activating group) is 1. The van der Waals surface area contributed by atoms with Gasteiger partial charge in [-0.05, 0) is 12.8 Å². The number of hydrogen-bond donors (Lipinski definition) is 2. The van der Waals surface area contributed by atoms with Crippen LogP contribution >= 0.6 is 0 Å². The minimum atomic E-state index is -1.22. The van der Waals surface area contributed by atoms with Gasteiger partial charge in [0, 0.05) is 26.1 Å². The van der Waals surface area contributed by atoms with E-state index < -0.39 is 11.5 Å². The lowest BCUT2D eigenvalue weighted by Crippen LogP contribution is -2.68. The van der Waals surface area contributed by atoms with E-state index in [1.807, 2.05) is 14.1 Å². The molecule has 0 unspecified atom stereocenters. The number of carbonyl (C=O) groups is 1. The molecular weight excluding hydrogens is 330 g/mol. The Morgan fingerprint density at radius 3 is 1.54 bits per heavy atom. The fourth-order valence-corrected chi connectivity index (χ4v) is 3.94. The van der Waals surface area contributed by atoms with Gasteiger partial charge in [-0.25, -0.2) is 0 Å². The molecule has 0 heterocycles. The fourth-order valence-electron chi connectivity index (χ4n) is 3.94. The van der Waals surface area contributed by atoms with Crippen molar-refractivity contribution in [2.45, 2.75) is 95.9 Å². The summed E-state index contributed by atoms with van der Waals surface area (Å²) < 4.78 is 0.244. The van der Waals surface area contributed by atoms with Crippen LogP contribution in [0.25, 0.3) is 0 Å². The normalized spacial score (nSPS) is 12.5. The summed E-state index contributed by atoms with van der Waals surface area (Å²) in [6.45, 7) is 2.53. The van der Waals surface area contributed by atoms with Crippen molar-refractivity contribution in [1.82, 2.24) is 0 Å². The predicted molar refractivity (Wildman–Crippen MR) is 105 cm³/mol. The first-order chi connectivity index (χ1) is 12.4. The van der Waals surface area contributed by atoms with Gasteiger partial charge in [-0.3, -0.25) is 0 Å². The van der Waals surface area contributed by atoms with Gasteiger partial charge in [-0.2, -0.15) is 0 Å². The smallest absolute Gasteiger partial charge is 0.143 e. The zero-order chi connectivity index (χ0) is 19.9. The molecule has 5 nitrogen and oxygen atoms in total. The maximum atomic E-state index is 11.8. The molecule has 26 heavy (non-hydrogen) atoms. The summed E-state index contributed by atoms with van der Waals surface area (Å²) in [6, 6.07) is 0. The van der Waals surface area contributed by atoms with E-state index in [-0.39, 0.29) is 30.5 Å². The highest BCUT2D eigenvalue weighted by Crippen LogP contribution is 2.29. The van der Waals surface area contributed by atoms with E-state index in [2.05, 4.69) is 6.92 Å². The third-order valence-electron chi connectivity index (χ3n) is 5.91. The SMILES string of the molecule is CCCCCCCCCCCCC[N+](C)(C)C(CCO)(CCO)C(=O)[O-]. The standard InChI is InChI=1S/C21H43NO4/c1-4-5-6-7-8-9-10-11-12-13-14-17-22(2,3)21(15-18-23,16-19-24)20(25)26/h23-24H,4-19H2,1-3H3. The Labute approximate surface area is 161 Å². The lowest BCUT2D eigenvalue weighted by molar-refractivity contribution is -0.935. The Morgan fingerprint density at radius 2 is 1.19 bits per heavy atom. The number of unbranched alkanes of at least 4 members (excludes halogenated alkanes) is 10. The van der Waals surface area contributed by atoms with E-state index in [9.17, 15) is 20.1 Å². The minimum absolute atomic E-state index is 0.112.